The average molecular weight is 418 g/mol. The topological polar surface area (TPSA) is 0 Å². The summed E-state index contributed by atoms with van der Waals surface area (Å²) in [4.78, 5) is 0. The average Bonchev–Trinajstić information content (AvgIpc) is 2.57. The molecule has 3 rings (SSSR count). The standard InChI is InChI=1S/C19H8BF9/c1-7-2-10(23)17(19(29)18(7)28)20(15-11(24)3-8(21)4-12(15)25)16-13(26)5-9(22)6-14(16)27/h2-6H,1H3. The normalized spacial score (nSPS) is 11.1. The molecule has 0 aromatic heterocycles. The van der Waals surface area contributed by atoms with Gasteiger partial charge in [0.2, 0.25) is 0 Å². The molecule has 3 aromatic rings. The van der Waals surface area contributed by atoms with E-state index in [-0.39, 0.29) is 24.3 Å². The number of halogens is 9. The smallest absolute Gasteiger partial charge is 0.207 e. The van der Waals surface area contributed by atoms with Crippen molar-refractivity contribution in [3.05, 3.63) is 88.3 Å². The van der Waals surface area contributed by atoms with Crippen molar-refractivity contribution >= 4 is 23.1 Å². The highest BCUT2D eigenvalue weighted by atomic mass is 19.2. The maximum atomic E-state index is 14.6. The lowest BCUT2D eigenvalue weighted by molar-refractivity contribution is 0.497. The van der Waals surface area contributed by atoms with Gasteiger partial charge in [0.15, 0.2) is 11.6 Å². The molecule has 150 valence electrons. The van der Waals surface area contributed by atoms with Gasteiger partial charge in [-0.1, -0.05) is 0 Å². The molecule has 0 heterocycles. The van der Waals surface area contributed by atoms with E-state index in [1.165, 1.54) is 0 Å². The molecular formula is C19H8BF9. The Labute approximate surface area is 158 Å². The molecule has 0 fully saturated rings. The third-order valence-electron chi connectivity index (χ3n) is 4.33. The molecule has 0 aliphatic heterocycles. The van der Waals surface area contributed by atoms with Crippen molar-refractivity contribution in [1.82, 2.24) is 0 Å². The summed E-state index contributed by atoms with van der Waals surface area (Å²) < 4.78 is 127. The summed E-state index contributed by atoms with van der Waals surface area (Å²) in [5, 5.41) is 0. The van der Waals surface area contributed by atoms with Crippen molar-refractivity contribution in [2.75, 3.05) is 0 Å². The Morgan fingerprint density at radius 3 is 1.21 bits per heavy atom. The monoisotopic (exact) mass is 418 g/mol. The van der Waals surface area contributed by atoms with Crippen molar-refractivity contribution in [3.8, 4) is 0 Å². The van der Waals surface area contributed by atoms with Crippen LogP contribution in [0.5, 0.6) is 0 Å². The summed E-state index contributed by atoms with van der Waals surface area (Å²) in [6.45, 7) is -1.58. The highest BCUT2D eigenvalue weighted by Gasteiger charge is 2.38. The molecule has 0 aliphatic carbocycles. The van der Waals surface area contributed by atoms with Gasteiger partial charge in [-0.05, 0) is 18.6 Å². The molecule has 0 aliphatic rings. The van der Waals surface area contributed by atoms with Crippen LogP contribution in [-0.2, 0) is 0 Å². The fourth-order valence-electron chi connectivity index (χ4n) is 3.08. The van der Waals surface area contributed by atoms with E-state index in [0.29, 0.717) is 6.07 Å². The number of hydrogen-bond donors (Lipinski definition) is 0. The van der Waals surface area contributed by atoms with E-state index in [1.54, 1.807) is 0 Å². The van der Waals surface area contributed by atoms with Gasteiger partial charge in [0.1, 0.15) is 40.7 Å². The zero-order valence-electron chi connectivity index (χ0n) is 14.4. The van der Waals surface area contributed by atoms with E-state index >= 15 is 0 Å². The van der Waals surface area contributed by atoms with Crippen LogP contribution < -0.4 is 16.4 Å². The van der Waals surface area contributed by atoms with E-state index in [4.69, 9.17) is 0 Å². The number of benzene rings is 3. The summed E-state index contributed by atoms with van der Waals surface area (Å²) in [7, 11) is 0. The van der Waals surface area contributed by atoms with Crippen LogP contribution in [-0.4, -0.2) is 6.71 Å². The molecule has 0 unspecified atom stereocenters. The third kappa shape index (κ3) is 3.59. The van der Waals surface area contributed by atoms with Gasteiger partial charge in [0.05, 0.1) is 0 Å². The Kier molecular flexibility index (Phi) is 5.38. The van der Waals surface area contributed by atoms with Crippen LogP contribution in [0, 0.1) is 59.3 Å². The first-order valence-electron chi connectivity index (χ1n) is 7.95. The second-order valence-corrected chi connectivity index (χ2v) is 6.22. The Balaban J connectivity index is 2.48. The number of rotatable bonds is 3. The zero-order valence-corrected chi connectivity index (χ0v) is 14.4. The molecule has 0 N–H and O–H groups in total. The Bertz CT molecular complexity index is 1020. The van der Waals surface area contributed by atoms with E-state index in [0.717, 1.165) is 6.92 Å². The minimum absolute atomic E-state index is 0.116. The van der Waals surface area contributed by atoms with Crippen molar-refractivity contribution < 1.29 is 39.5 Å². The molecule has 3 aromatic carbocycles. The maximum absolute atomic E-state index is 14.6. The lowest BCUT2D eigenvalue weighted by Crippen LogP contribution is -2.59. The summed E-state index contributed by atoms with van der Waals surface area (Å²) in [5.74, 6) is -15.0. The summed E-state index contributed by atoms with van der Waals surface area (Å²) in [5.41, 5.74) is -4.65. The molecule has 0 nitrogen and oxygen atoms in total. The van der Waals surface area contributed by atoms with Gasteiger partial charge < -0.3 is 0 Å². The lowest BCUT2D eigenvalue weighted by Gasteiger charge is -2.20. The minimum atomic E-state index is -2.56. The van der Waals surface area contributed by atoms with Gasteiger partial charge in [-0.2, -0.15) is 0 Å². The molecule has 10 heteroatoms. The van der Waals surface area contributed by atoms with E-state index < -0.39 is 81.0 Å². The van der Waals surface area contributed by atoms with Gasteiger partial charge in [0, 0.05) is 40.7 Å². The van der Waals surface area contributed by atoms with Gasteiger partial charge in [0.25, 0.3) is 6.71 Å². The summed E-state index contributed by atoms with van der Waals surface area (Å²) in [6.07, 6.45) is 0. The Morgan fingerprint density at radius 1 is 0.483 bits per heavy atom. The van der Waals surface area contributed by atoms with Crippen LogP contribution in [0.4, 0.5) is 39.5 Å². The minimum Gasteiger partial charge on any atom is -0.207 e. The Morgan fingerprint density at radius 2 is 0.828 bits per heavy atom. The molecular weight excluding hydrogens is 410 g/mol. The summed E-state index contributed by atoms with van der Waals surface area (Å²) in [6, 6.07) is 0.922. The zero-order chi connectivity index (χ0) is 21.6. The first-order chi connectivity index (χ1) is 13.5. The predicted octanol–water partition coefficient (Wildman–Crippen LogP) is 3.76. The molecule has 0 radical (unpaired) electrons. The molecule has 29 heavy (non-hydrogen) atoms. The van der Waals surface area contributed by atoms with Crippen LogP contribution in [0.2, 0.25) is 0 Å². The molecule has 0 saturated carbocycles. The SMILES string of the molecule is Cc1cc(F)c(B(c2c(F)cc(F)cc2F)c2c(F)cc(F)cc2F)c(F)c1F. The third-order valence-corrected chi connectivity index (χ3v) is 4.33. The van der Waals surface area contributed by atoms with E-state index in [1.807, 2.05) is 0 Å². The number of aryl methyl sites for hydroxylation is 1. The fraction of sp³-hybridized carbons (Fsp3) is 0.0526. The first kappa shape index (κ1) is 20.8. The second-order valence-electron chi connectivity index (χ2n) is 6.22. The molecule has 0 spiro atoms. The van der Waals surface area contributed by atoms with Crippen molar-refractivity contribution in [2.24, 2.45) is 0 Å². The van der Waals surface area contributed by atoms with Crippen LogP contribution in [0.1, 0.15) is 5.56 Å². The Hall–Kier alpha value is -2.91. The molecule has 0 saturated heterocycles. The largest absolute Gasteiger partial charge is 0.264 e. The van der Waals surface area contributed by atoms with Gasteiger partial charge >= 0.3 is 0 Å². The molecule has 0 atom stereocenters. The van der Waals surface area contributed by atoms with Crippen molar-refractivity contribution in [2.45, 2.75) is 6.92 Å². The highest BCUT2D eigenvalue weighted by Crippen LogP contribution is 2.16. The van der Waals surface area contributed by atoms with Gasteiger partial charge in [-0.3, -0.25) is 0 Å². The lowest BCUT2D eigenvalue weighted by atomic mass is 9.36. The maximum Gasteiger partial charge on any atom is 0.264 e. The quantitative estimate of drug-likeness (QED) is 0.346. The molecule has 0 amide bonds. The second kappa shape index (κ2) is 7.49. The fourth-order valence-corrected chi connectivity index (χ4v) is 3.08. The van der Waals surface area contributed by atoms with E-state index in [9.17, 15) is 39.5 Å². The summed E-state index contributed by atoms with van der Waals surface area (Å²) >= 11 is 0. The van der Waals surface area contributed by atoms with Crippen molar-refractivity contribution in [1.29, 1.82) is 0 Å². The highest BCUT2D eigenvalue weighted by molar-refractivity contribution is 6.95. The van der Waals surface area contributed by atoms with Crippen LogP contribution >= 0.6 is 0 Å². The van der Waals surface area contributed by atoms with E-state index in [2.05, 4.69) is 0 Å². The number of hydrogen-bond acceptors (Lipinski definition) is 0. The van der Waals surface area contributed by atoms with Crippen LogP contribution in [0.15, 0.2) is 30.3 Å². The van der Waals surface area contributed by atoms with Gasteiger partial charge in [-0.25, -0.2) is 39.5 Å². The van der Waals surface area contributed by atoms with Gasteiger partial charge in [-0.15, -0.1) is 0 Å². The van der Waals surface area contributed by atoms with Crippen molar-refractivity contribution in [3.63, 3.8) is 0 Å². The van der Waals surface area contributed by atoms with Crippen LogP contribution in [0.25, 0.3) is 0 Å². The molecule has 0 bridgehead atoms. The first-order valence-corrected chi connectivity index (χ1v) is 7.95. The van der Waals surface area contributed by atoms with Crippen LogP contribution in [0.3, 0.4) is 0 Å². The predicted molar refractivity (Wildman–Crippen MR) is 88.3 cm³/mol.